The van der Waals surface area contributed by atoms with E-state index in [4.69, 9.17) is 0 Å². The SMILES string of the molecule is CCCNc1cnccc1C(=O)NCC(=O)NC(C)(C)C. The molecule has 21 heavy (non-hydrogen) atoms. The van der Waals surface area contributed by atoms with Crippen LogP contribution >= 0.6 is 0 Å². The number of hydrogen-bond donors (Lipinski definition) is 3. The molecule has 1 heterocycles. The zero-order valence-corrected chi connectivity index (χ0v) is 13.1. The van der Waals surface area contributed by atoms with Crippen LogP contribution in [0.15, 0.2) is 18.5 Å². The van der Waals surface area contributed by atoms with E-state index in [1.165, 1.54) is 0 Å². The van der Waals surface area contributed by atoms with E-state index in [9.17, 15) is 9.59 Å². The summed E-state index contributed by atoms with van der Waals surface area (Å²) in [5, 5.41) is 8.56. The molecule has 0 aliphatic carbocycles. The van der Waals surface area contributed by atoms with Gasteiger partial charge in [-0.1, -0.05) is 6.92 Å². The molecule has 0 radical (unpaired) electrons. The fraction of sp³-hybridized carbons (Fsp3) is 0.533. The van der Waals surface area contributed by atoms with Crippen LogP contribution in [0.25, 0.3) is 0 Å². The summed E-state index contributed by atoms with van der Waals surface area (Å²) in [5.74, 6) is -0.506. The van der Waals surface area contributed by atoms with E-state index in [1.54, 1.807) is 18.5 Å². The van der Waals surface area contributed by atoms with E-state index in [-0.39, 0.29) is 23.9 Å². The van der Waals surface area contributed by atoms with Crippen LogP contribution in [-0.2, 0) is 4.79 Å². The van der Waals surface area contributed by atoms with Gasteiger partial charge in [-0.3, -0.25) is 14.6 Å². The normalized spacial score (nSPS) is 10.9. The monoisotopic (exact) mass is 292 g/mol. The summed E-state index contributed by atoms with van der Waals surface area (Å²) in [6.07, 6.45) is 4.12. The lowest BCUT2D eigenvalue weighted by molar-refractivity contribution is -0.121. The number of nitrogens with zero attached hydrogens (tertiary/aromatic N) is 1. The van der Waals surface area contributed by atoms with Crippen molar-refractivity contribution in [3.8, 4) is 0 Å². The van der Waals surface area contributed by atoms with Gasteiger partial charge in [0.15, 0.2) is 0 Å². The lowest BCUT2D eigenvalue weighted by atomic mass is 10.1. The second kappa shape index (κ2) is 7.61. The number of carbonyl (C=O) groups is 2. The quantitative estimate of drug-likeness (QED) is 0.743. The van der Waals surface area contributed by atoms with Gasteiger partial charge < -0.3 is 16.0 Å². The molecule has 0 saturated carbocycles. The number of amides is 2. The van der Waals surface area contributed by atoms with Gasteiger partial charge in [-0.25, -0.2) is 0 Å². The molecule has 0 aromatic carbocycles. The number of pyridine rings is 1. The molecule has 6 nitrogen and oxygen atoms in total. The summed E-state index contributed by atoms with van der Waals surface area (Å²) in [6.45, 7) is 8.43. The number of rotatable bonds is 6. The van der Waals surface area contributed by atoms with E-state index in [1.807, 2.05) is 27.7 Å². The van der Waals surface area contributed by atoms with Crippen molar-refractivity contribution in [2.24, 2.45) is 0 Å². The van der Waals surface area contributed by atoms with Crippen molar-refractivity contribution in [3.05, 3.63) is 24.0 Å². The predicted octanol–water partition coefficient (Wildman–Crippen LogP) is 1.55. The second-order valence-electron chi connectivity index (χ2n) is 5.83. The van der Waals surface area contributed by atoms with Gasteiger partial charge in [-0.05, 0) is 33.3 Å². The summed E-state index contributed by atoms with van der Waals surface area (Å²) in [4.78, 5) is 27.8. The van der Waals surface area contributed by atoms with Crippen molar-refractivity contribution in [1.29, 1.82) is 0 Å². The van der Waals surface area contributed by atoms with Crippen molar-refractivity contribution in [1.82, 2.24) is 15.6 Å². The first-order valence-corrected chi connectivity index (χ1v) is 7.10. The highest BCUT2D eigenvalue weighted by Crippen LogP contribution is 2.13. The number of hydrogen-bond acceptors (Lipinski definition) is 4. The molecule has 1 aromatic heterocycles. The Kier molecular flexibility index (Phi) is 6.14. The second-order valence-corrected chi connectivity index (χ2v) is 5.83. The molecule has 116 valence electrons. The van der Waals surface area contributed by atoms with Crippen LogP contribution < -0.4 is 16.0 Å². The zero-order chi connectivity index (χ0) is 15.9. The molecule has 1 rings (SSSR count). The Morgan fingerprint density at radius 3 is 2.62 bits per heavy atom. The molecular weight excluding hydrogens is 268 g/mol. The van der Waals surface area contributed by atoms with Gasteiger partial charge in [-0.2, -0.15) is 0 Å². The summed E-state index contributed by atoms with van der Waals surface area (Å²) in [6, 6.07) is 1.63. The molecule has 3 N–H and O–H groups in total. The van der Waals surface area contributed by atoms with Crippen LogP contribution in [0.1, 0.15) is 44.5 Å². The van der Waals surface area contributed by atoms with Crippen molar-refractivity contribution < 1.29 is 9.59 Å². The summed E-state index contributed by atoms with van der Waals surface area (Å²) in [7, 11) is 0. The average molecular weight is 292 g/mol. The fourth-order valence-corrected chi connectivity index (χ4v) is 1.71. The van der Waals surface area contributed by atoms with Crippen LogP contribution in [0.4, 0.5) is 5.69 Å². The Labute approximate surface area is 125 Å². The number of aromatic nitrogens is 1. The zero-order valence-electron chi connectivity index (χ0n) is 13.1. The van der Waals surface area contributed by atoms with Gasteiger partial charge in [-0.15, -0.1) is 0 Å². The first-order chi connectivity index (χ1) is 9.83. The average Bonchev–Trinajstić information content (AvgIpc) is 2.41. The van der Waals surface area contributed by atoms with Crippen LogP contribution in [-0.4, -0.2) is 35.4 Å². The first-order valence-electron chi connectivity index (χ1n) is 7.10. The Morgan fingerprint density at radius 1 is 1.29 bits per heavy atom. The maximum Gasteiger partial charge on any atom is 0.253 e. The molecule has 1 aromatic rings. The fourth-order valence-electron chi connectivity index (χ4n) is 1.71. The Hall–Kier alpha value is -2.11. The summed E-state index contributed by atoms with van der Waals surface area (Å²) < 4.78 is 0. The third-order valence-corrected chi connectivity index (χ3v) is 2.56. The van der Waals surface area contributed by atoms with Crippen LogP contribution in [0.5, 0.6) is 0 Å². The minimum atomic E-state index is -0.313. The lowest BCUT2D eigenvalue weighted by Gasteiger charge is -2.20. The minimum absolute atomic E-state index is 0.0500. The lowest BCUT2D eigenvalue weighted by Crippen LogP contribution is -2.45. The highest BCUT2D eigenvalue weighted by Gasteiger charge is 2.16. The van der Waals surface area contributed by atoms with Gasteiger partial charge in [0, 0.05) is 18.3 Å². The van der Waals surface area contributed by atoms with Crippen LogP contribution in [0, 0.1) is 0 Å². The van der Waals surface area contributed by atoms with Crippen molar-refractivity contribution in [2.45, 2.75) is 39.7 Å². The smallest absolute Gasteiger partial charge is 0.253 e. The van der Waals surface area contributed by atoms with Crippen molar-refractivity contribution in [3.63, 3.8) is 0 Å². The van der Waals surface area contributed by atoms with E-state index < -0.39 is 0 Å². The van der Waals surface area contributed by atoms with E-state index in [0.717, 1.165) is 13.0 Å². The van der Waals surface area contributed by atoms with E-state index in [2.05, 4.69) is 20.9 Å². The van der Waals surface area contributed by atoms with E-state index in [0.29, 0.717) is 11.3 Å². The van der Waals surface area contributed by atoms with Gasteiger partial charge >= 0.3 is 0 Å². The molecule has 0 saturated heterocycles. The maximum absolute atomic E-state index is 12.1. The molecule has 2 amide bonds. The Morgan fingerprint density at radius 2 is 2.00 bits per heavy atom. The predicted molar refractivity (Wildman–Crippen MR) is 83.2 cm³/mol. The van der Waals surface area contributed by atoms with Crippen molar-refractivity contribution >= 4 is 17.5 Å². The Bertz CT molecular complexity index is 495. The third kappa shape index (κ3) is 6.25. The summed E-state index contributed by atoms with van der Waals surface area (Å²) in [5.41, 5.74) is 0.849. The van der Waals surface area contributed by atoms with Crippen molar-refractivity contribution in [2.75, 3.05) is 18.4 Å². The Balaban J connectivity index is 2.61. The van der Waals surface area contributed by atoms with Crippen LogP contribution in [0.3, 0.4) is 0 Å². The largest absolute Gasteiger partial charge is 0.383 e. The maximum atomic E-state index is 12.1. The van der Waals surface area contributed by atoms with E-state index >= 15 is 0 Å². The highest BCUT2D eigenvalue weighted by atomic mass is 16.2. The molecule has 6 heteroatoms. The molecule has 0 bridgehead atoms. The number of anilines is 1. The third-order valence-electron chi connectivity index (χ3n) is 2.56. The van der Waals surface area contributed by atoms with Crippen LogP contribution in [0.2, 0.25) is 0 Å². The van der Waals surface area contributed by atoms with Gasteiger partial charge in [0.25, 0.3) is 5.91 Å². The standard InChI is InChI=1S/C15H24N4O2/c1-5-7-17-12-9-16-8-6-11(12)14(21)18-10-13(20)19-15(2,3)4/h6,8-9,17H,5,7,10H2,1-4H3,(H,18,21)(H,19,20). The molecular formula is C15H24N4O2. The molecule has 0 spiro atoms. The molecule has 0 fully saturated rings. The number of carbonyl (C=O) groups excluding carboxylic acids is 2. The minimum Gasteiger partial charge on any atom is -0.383 e. The molecule has 0 atom stereocenters. The number of nitrogens with one attached hydrogen (secondary N) is 3. The first kappa shape index (κ1) is 16.9. The topological polar surface area (TPSA) is 83.1 Å². The van der Waals surface area contributed by atoms with Gasteiger partial charge in [0.1, 0.15) is 0 Å². The molecule has 0 aliphatic heterocycles. The molecule has 0 unspecified atom stereocenters. The van der Waals surface area contributed by atoms with Gasteiger partial charge in [0.2, 0.25) is 5.91 Å². The molecule has 0 aliphatic rings. The summed E-state index contributed by atoms with van der Waals surface area (Å²) >= 11 is 0. The van der Waals surface area contributed by atoms with Gasteiger partial charge in [0.05, 0.1) is 24.0 Å². The highest BCUT2D eigenvalue weighted by molar-refractivity contribution is 6.00.